The maximum absolute atomic E-state index is 12.0. The topological polar surface area (TPSA) is 86.2 Å². The van der Waals surface area contributed by atoms with Gasteiger partial charge in [-0.25, -0.2) is 0 Å². The third-order valence-corrected chi connectivity index (χ3v) is 12.6. The lowest BCUT2D eigenvalue weighted by molar-refractivity contribution is 0.963. The molecule has 1 aliphatic carbocycles. The Bertz CT molecular complexity index is 3800. The zero-order valence-electron chi connectivity index (χ0n) is 32.8. The number of hydrogen-bond donors (Lipinski definition) is 0. The molecule has 61 heavy (non-hydrogen) atoms. The molecule has 0 N–H and O–H groups in total. The molecule has 0 bridgehead atoms. The predicted molar refractivity (Wildman–Crippen MR) is 246 cm³/mol. The summed E-state index contributed by atoms with van der Waals surface area (Å²) >= 11 is 0. The summed E-state index contributed by atoms with van der Waals surface area (Å²) in [5, 5.41) is 41.5. The van der Waals surface area contributed by atoms with Gasteiger partial charge in [-0.3, -0.25) is 0 Å². The van der Waals surface area contributed by atoms with E-state index in [4.69, 9.17) is 0 Å². The molecule has 0 atom stereocenters. The van der Waals surface area contributed by atoms with Crippen molar-refractivity contribution in [3.8, 4) is 46.4 Å². The zero-order chi connectivity index (χ0) is 40.8. The molecule has 11 aromatic rings. The molecule has 3 aromatic heterocycles. The third kappa shape index (κ3) is 4.75. The number of nitriles is 3. The summed E-state index contributed by atoms with van der Waals surface area (Å²) in [6.07, 6.45) is 6.17. The number of hydrogen-bond acceptors (Lipinski definition) is 3. The number of para-hydroxylation sites is 4. The molecular weight excluding hydrogens is 745 g/mol. The quantitative estimate of drug-likeness (QED) is 0.178. The number of allylic oxidation sites excluding steroid dienone is 1. The summed E-state index contributed by atoms with van der Waals surface area (Å²) in [5.74, 6) is 0. The molecule has 0 aliphatic heterocycles. The molecule has 0 saturated carbocycles. The Kier molecular flexibility index (Phi) is 7.45. The van der Waals surface area contributed by atoms with E-state index >= 15 is 0 Å². The van der Waals surface area contributed by atoms with Gasteiger partial charge in [-0.1, -0.05) is 121 Å². The molecule has 282 valence electrons. The Labute approximate surface area is 350 Å². The van der Waals surface area contributed by atoms with E-state index in [0.29, 0.717) is 33.8 Å². The minimum atomic E-state index is 0.364. The van der Waals surface area contributed by atoms with Crippen molar-refractivity contribution >= 4 is 71.4 Å². The molecule has 0 radical (unpaired) electrons. The van der Waals surface area contributed by atoms with Crippen molar-refractivity contribution in [3.05, 3.63) is 192 Å². The highest BCUT2D eigenvalue weighted by Gasteiger charge is 2.33. The van der Waals surface area contributed by atoms with Gasteiger partial charge in [-0.15, -0.1) is 0 Å². The van der Waals surface area contributed by atoms with Gasteiger partial charge in [0, 0.05) is 38.2 Å². The molecule has 0 unspecified atom stereocenters. The highest BCUT2D eigenvalue weighted by Crippen LogP contribution is 2.49. The molecule has 6 heteroatoms. The van der Waals surface area contributed by atoms with Gasteiger partial charge < -0.3 is 13.7 Å². The number of aryl methyl sites for hydroxylation is 1. The summed E-state index contributed by atoms with van der Waals surface area (Å²) in [6.45, 7) is 0. The predicted octanol–water partition coefficient (Wildman–Crippen LogP) is 13.2. The van der Waals surface area contributed by atoms with Crippen LogP contribution < -0.4 is 0 Å². The van der Waals surface area contributed by atoms with Crippen molar-refractivity contribution in [2.24, 2.45) is 0 Å². The van der Waals surface area contributed by atoms with Crippen LogP contribution in [-0.4, -0.2) is 13.7 Å². The number of aromatic nitrogens is 3. The number of fused-ring (bicyclic) bond motifs is 11. The van der Waals surface area contributed by atoms with Gasteiger partial charge in [0.05, 0.1) is 56.3 Å². The van der Waals surface area contributed by atoms with Gasteiger partial charge in [0.2, 0.25) is 0 Å². The first-order valence-electron chi connectivity index (χ1n) is 20.4. The van der Waals surface area contributed by atoms with E-state index in [9.17, 15) is 15.8 Å². The molecule has 3 heterocycles. The monoisotopic (exact) mass is 776 g/mol. The lowest BCUT2D eigenvalue weighted by atomic mass is 9.91. The standard InChI is InChI=1S/C55H32N6/c56-31-34-25-27-36(28-26-34)51-54(59-45-20-8-3-15-38(45)39-16-4-9-21-46(39)59)43(32-57)53(44(33-58)55(51)60-47-22-10-5-17-40(47)41-18-6-11-23-48(41)60)61-49-24-12-7-19-42(49)52-37-14-2-1-13-35(37)29-30-50(52)61/h1-5,7-17,19-30H,6,18H2. The lowest BCUT2D eigenvalue weighted by Gasteiger charge is -2.26. The summed E-state index contributed by atoms with van der Waals surface area (Å²) in [7, 11) is 0. The lowest BCUT2D eigenvalue weighted by Crippen LogP contribution is -2.14. The average molecular weight is 777 g/mol. The van der Waals surface area contributed by atoms with Crippen LogP contribution in [0.4, 0.5) is 0 Å². The van der Waals surface area contributed by atoms with Gasteiger partial charge in [-0.2, -0.15) is 15.8 Å². The van der Waals surface area contributed by atoms with Crippen LogP contribution in [0, 0.1) is 34.0 Å². The number of nitrogens with zero attached hydrogens (tertiary/aromatic N) is 6. The highest BCUT2D eigenvalue weighted by molar-refractivity contribution is 6.22. The summed E-state index contributed by atoms with van der Waals surface area (Å²) in [5.41, 5.74) is 11.5. The van der Waals surface area contributed by atoms with Crippen LogP contribution in [-0.2, 0) is 6.42 Å². The van der Waals surface area contributed by atoms with Crippen molar-refractivity contribution in [1.29, 1.82) is 15.8 Å². The summed E-state index contributed by atoms with van der Waals surface area (Å²) in [4.78, 5) is 0. The molecule has 8 aromatic carbocycles. The Morgan fingerprint density at radius 1 is 0.426 bits per heavy atom. The van der Waals surface area contributed by atoms with E-state index in [1.165, 1.54) is 5.56 Å². The maximum atomic E-state index is 12.0. The fraction of sp³-hybridized carbons (Fsp3) is 0.0364. The van der Waals surface area contributed by atoms with Gasteiger partial charge >= 0.3 is 0 Å². The SMILES string of the molecule is N#Cc1ccc(-c2c(-n3c4c(c5ccccc53)CCC=C4)c(C#N)c(-n3c4ccccc4c4c5ccccc5ccc43)c(C#N)c2-n2c3ccccc3c3ccccc32)cc1. The van der Waals surface area contributed by atoms with Gasteiger partial charge in [0.15, 0.2) is 0 Å². The van der Waals surface area contributed by atoms with E-state index in [2.05, 4.69) is 159 Å². The second-order valence-electron chi connectivity index (χ2n) is 15.6. The van der Waals surface area contributed by atoms with Crippen molar-refractivity contribution in [2.45, 2.75) is 12.8 Å². The van der Waals surface area contributed by atoms with Gasteiger partial charge in [0.1, 0.15) is 23.3 Å². The van der Waals surface area contributed by atoms with Crippen LogP contribution in [0.25, 0.3) is 99.6 Å². The first kappa shape index (κ1) is 34.4. The molecule has 0 spiro atoms. The van der Waals surface area contributed by atoms with Crippen LogP contribution in [0.1, 0.15) is 34.4 Å². The normalized spacial score (nSPS) is 12.3. The van der Waals surface area contributed by atoms with Crippen molar-refractivity contribution in [2.75, 3.05) is 0 Å². The molecule has 0 amide bonds. The Morgan fingerprint density at radius 2 is 0.951 bits per heavy atom. The molecule has 0 saturated heterocycles. The number of benzene rings is 8. The van der Waals surface area contributed by atoms with Crippen LogP contribution in [0.2, 0.25) is 0 Å². The van der Waals surface area contributed by atoms with Crippen LogP contribution in [0.15, 0.2) is 164 Å². The average Bonchev–Trinajstić information content (AvgIpc) is 3.96. The van der Waals surface area contributed by atoms with Crippen LogP contribution in [0.3, 0.4) is 0 Å². The minimum absolute atomic E-state index is 0.364. The van der Waals surface area contributed by atoms with Gasteiger partial charge in [-0.05, 0) is 83.3 Å². The summed E-state index contributed by atoms with van der Waals surface area (Å²) in [6, 6.07) is 61.4. The first-order chi connectivity index (χ1) is 30.2. The molecule has 1 aliphatic rings. The van der Waals surface area contributed by atoms with E-state index in [-0.39, 0.29) is 0 Å². The van der Waals surface area contributed by atoms with E-state index in [0.717, 1.165) is 94.9 Å². The second kappa shape index (κ2) is 13.2. The fourth-order valence-electron chi connectivity index (χ4n) is 10.2. The van der Waals surface area contributed by atoms with Crippen molar-refractivity contribution in [3.63, 3.8) is 0 Å². The Hall–Kier alpha value is -8.63. The molecular formula is C55H32N6. The third-order valence-electron chi connectivity index (χ3n) is 12.6. The van der Waals surface area contributed by atoms with Gasteiger partial charge in [0.25, 0.3) is 0 Å². The van der Waals surface area contributed by atoms with Crippen LogP contribution >= 0.6 is 0 Å². The Morgan fingerprint density at radius 3 is 1.59 bits per heavy atom. The fourth-order valence-corrected chi connectivity index (χ4v) is 10.2. The van der Waals surface area contributed by atoms with Crippen LogP contribution in [0.5, 0.6) is 0 Å². The molecule has 0 fully saturated rings. The van der Waals surface area contributed by atoms with Crippen molar-refractivity contribution < 1.29 is 0 Å². The molecule has 12 rings (SSSR count). The minimum Gasteiger partial charge on any atom is -0.307 e. The number of rotatable bonds is 4. The zero-order valence-corrected chi connectivity index (χ0v) is 32.8. The second-order valence-corrected chi connectivity index (χ2v) is 15.6. The molecule has 6 nitrogen and oxygen atoms in total. The Balaban J connectivity index is 1.40. The largest absolute Gasteiger partial charge is 0.307 e. The summed E-state index contributed by atoms with van der Waals surface area (Å²) < 4.78 is 6.64. The van der Waals surface area contributed by atoms with E-state index in [1.807, 2.05) is 42.5 Å². The maximum Gasteiger partial charge on any atom is 0.104 e. The smallest absolute Gasteiger partial charge is 0.104 e. The van der Waals surface area contributed by atoms with Crippen molar-refractivity contribution in [1.82, 2.24) is 13.7 Å². The van der Waals surface area contributed by atoms with E-state index in [1.54, 1.807) is 0 Å². The highest BCUT2D eigenvalue weighted by atomic mass is 15.1. The van der Waals surface area contributed by atoms with E-state index < -0.39 is 0 Å². The first-order valence-corrected chi connectivity index (χ1v) is 20.4.